The van der Waals surface area contributed by atoms with Gasteiger partial charge in [0.25, 0.3) is 0 Å². The number of aromatic nitrogens is 1. The molecule has 4 heteroatoms. The molecular weight excluding hydrogens is 240 g/mol. The molecule has 2 rings (SSSR count). The van der Waals surface area contributed by atoms with Gasteiger partial charge in [-0.15, -0.1) is 0 Å². The summed E-state index contributed by atoms with van der Waals surface area (Å²) in [5, 5.41) is 3.47. The Morgan fingerprint density at radius 3 is 2.95 bits per heavy atom. The number of nitrogens with one attached hydrogen (secondary N) is 1. The van der Waals surface area contributed by atoms with E-state index >= 15 is 0 Å². The van der Waals surface area contributed by atoms with Crippen LogP contribution in [-0.2, 0) is 11.2 Å². The summed E-state index contributed by atoms with van der Waals surface area (Å²) >= 11 is 0. The molecule has 1 atom stereocenters. The molecule has 1 aromatic rings. The fraction of sp³-hybridized carbons (Fsp3) is 0.800. The van der Waals surface area contributed by atoms with Gasteiger partial charge in [-0.2, -0.15) is 0 Å². The second-order valence-corrected chi connectivity index (χ2v) is 6.35. The largest absolute Gasteiger partial charge is 0.445 e. The molecule has 0 amide bonds. The smallest absolute Gasteiger partial charge is 0.194 e. The summed E-state index contributed by atoms with van der Waals surface area (Å²) in [7, 11) is 0. The monoisotopic (exact) mass is 266 g/mol. The molecule has 1 aromatic heterocycles. The van der Waals surface area contributed by atoms with Crippen molar-refractivity contribution in [2.45, 2.75) is 57.9 Å². The van der Waals surface area contributed by atoms with Crippen LogP contribution < -0.4 is 5.32 Å². The van der Waals surface area contributed by atoms with Gasteiger partial charge in [0.05, 0.1) is 12.8 Å². The molecule has 4 nitrogen and oxygen atoms in total. The van der Waals surface area contributed by atoms with Gasteiger partial charge in [0.1, 0.15) is 5.76 Å². The highest BCUT2D eigenvalue weighted by Gasteiger charge is 2.20. The molecule has 1 aliphatic rings. The molecule has 19 heavy (non-hydrogen) atoms. The van der Waals surface area contributed by atoms with Crippen molar-refractivity contribution in [3.63, 3.8) is 0 Å². The van der Waals surface area contributed by atoms with E-state index in [1.165, 1.54) is 0 Å². The number of aryl methyl sites for hydroxylation is 1. The van der Waals surface area contributed by atoms with Crippen molar-refractivity contribution < 1.29 is 9.15 Å². The lowest BCUT2D eigenvalue weighted by Gasteiger charge is -2.20. The Morgan fingerprint density at radius 2 is 2.26 bits per heavy atom. The van der Waals surface area contributed by atoms with E-state index in [2.05, 4.69) is 31.1 Å². The molecule has 0 bridgehead atoms. The quantitative estimate of drug-likeness (QED) is 0.832. The maximum absolute atomic E-state index is 5.84. The lowest BCUT2D eigenvalue weighted by molar-refractivity contribution is 0.0738. The van der Waals surface area contributed by atoms with E-state index in [1.807, 2.05) is 6.20 Å². The van der Waals surface area contributed by atoms with E-state index in [0.717, 1.165) is 57.1 Å². The number of rotatable bonds is 5. The second kappa shape index (κ2) is 6.53. The number of hydrogen-bond acceptors (Lipinski definition) is 4. The zero-order chi connectivity index (χ0) is 13.7. The Labute approximate surface area is 115 Å². The van der Waals surface area contributed by atoms with Gasteiger partial charge in [-0.3, -0.25) is 0 Å². The van der Waals surface area contributed by atoms with Gasteiger partial charge in [0, 0.05) is 24.5 Å². The Bertz CT molecular complexity index is 376. The number of hydrogen-bond donors (Lipinski definition) is 1. The highest BCUT2D eigenvalue weighted by molar-refractivity contribution is 5.03. The first kappa shape index (κ1) is 14.5. The molecule has 1 aliphatic heterocycles. The van der Waals surface area contributed by atoms with Gasteiger partial charge in [-0.05, 0) is 46.6 Å². The van der Waals surface area contributed by atoms with Crippen LogP contribution in [0.5, 0.6) is 0 Å². The van der Waals surface area contributed by atoms with E-state index in [9.17, 15) is 0 Å². The van der Waals surface area contributed by atoms with Gasteiger partial charge in [0.15, 0.2) is 5.89 Å². The van der Waals surface area contributed by atoms with E-state index in [1.54, 1.807) is 0 Å². The van der Waals surface area contributed by atoms with E-state index in [-0.39, 0.29) is 5.54 Å². The van der Waals surface area contributed by atoms with Crippen LogP contribution in [0.1, 0.15) is 57.6 Å². The average molecular weight is 266 g/mol. The topological polar surface area (TPSA) is 47.3 Å². The summed E-state index contributed by atoms with van der Waals surface area (Å²) in [6, 6.07) is 0. The van der Waals surface area contributed by atoms with Gasteiger partial charge in [-0.25, -0.2) is 4.98 Å². The minimum absolute atomic E-state index is 0.182. The van der Waals surface area contributed by atoms with Gasteiger partial charge in [-0.1, -0.05) is 0 Å². The molecule has 0 aliphatic carbocycles. The van der Waals surface area contributed by atoms with Crippen LogP contribution in [0.4, 0.5) is 0 Å². The summed E-state index contributed by atoms with van der Waals surface area (Å²) in [6.45, 7) is 9.20. The molecule has 2 heterocycles. The van der Waals surface area contributed by atoms with Crippen LogP contribution >= 0.6 is 0 Å². The first-order valence-electron chi connectivity index (χ1n) is 7.32. The Kier molecular flexibility index (Phi) is 4.99. The number of nitrogens with zero attached hydrogens (tertiary/aromatic N) is 1. The molecule has 1 unspecified atom stereocenters. The van der Waals surface area contributed by atoms with Crippen LogP contribution in [0.3, 0.4) is 0 Å². The lowest BCUT2D eigenvalue weighted by Crippen LogP contribution is -2.36. The fourth-order valence-electron chi connectivity index (χ4n) is 2.30. The first-order valence-corrected chi connectivity index (χ1v) is 7.32. The molecule has 0 saturated carbocycles. The first-order chi connectivity index (χ1) is 9.04. The predicted octanol–water partition coefficient (Wildman–Crippen LogP) is 2.89. The van der Waals surface area contributed by atoms with Crippen molar-refractivity contribution in [1.82, 2.24) is 10.3 Å². The van der Waals surface area contributed by atoms with Crippen molar-refractivity contribution in [3.8, 4) is 0 Å². The third kappa shape index (κ3) is 4.96. The number of oxazole rings is 1. The van der Waals surface area contributed by atoms with Crippen LogP contribution in [0, 0.1) is 0 Å². The normalized spacial score (nSPS) is 20.7. The van der Waals surface area contributed by atoms with Crippen molar-refractivity contribution in [3.05, 3.63) is 17.8 Å². The third-order valence-electron chi connectivity index (χ3n) is 3.36. The average Bonchev–Trinajstić information content (AvgIpc) is 2.83. The van der Waals surface area contributed by atoms with Gasteiger partial charge >= 0.3 is 0 Å². The Balaban J connectivity index is 1.74. The highest BCUT2D eigenvalue weighted by atomic mass is 16.5. The summed E-state index contributed by atoms with van der Waals surface area (Å²) < 4.78 is 11.3. The van der Waals surface area contributed by atoms with E-state index in [0.29, 0.717) is 5.92 Å². The van der Waals surface area contributed by atoms with Gasteiger partial charge in [0.2, 0.25) is 0 Å². The number of ether oxygens (including phenoxy) is 1. The second-order valence-electron chi connectivity index (χ2n) is 6.35. The van der Waals surface area contributed by atoms with E-state index in [4.69, 9.17) is 9.15 Å². The summed E-state index contributed by atoms with van der Waals surface area (Å²) in [6.07, 6.45) is 6.11. The molecule has 1 fully saturated rings. The molecule has 108 valence electrons. The molecule has 1 N–H and O–H groups in total. The molecule has 1 saturated heterocycles. The predicted molar refractivity (Wildman–Crippen MR) is 75.4 cm³/mol. The van der Waals surface area contributed by atoms with Crippen LogP contribution in [0.2, 0.25) is 0 Å². The molecule has 0 spiro atoms. The maximum atomic E-state index is 5.84. The Morgan fingerprint density at radius 1 is 1.42 bits per heavy atom. The summed E-state index contributed by atoms with van der Waals surface area (Å²) in [5.41, 5.74) is 0.182. The van der Waals surface area contributed by atoms with Crippen molar-refractivity contribution in [1.29, 1.82) is 0 Å². The molecule has 0 aromatic carbocycles. The molecule has 0 radical (unpaired) electrons. The zero-order valence-corrected chi connectivity index (χ0v) is 12.4. The van der Waals surface area contributed by atoms with Crippen LogP contribution in [-0.4, -0.2) is 30.3 Å². The van der Waals surface area contributed by atoms with Gasteiger partial charge < -0.3 is 14.5 Å². The minimum Gasteiger partial charge on any atom is -0.445 e. The highest BCUT2D eigenvalue weighted by Crippen LogP contribution is 2.26. The van der Waals surface area contributed by atoms with Crippen LogP contribution in [0.15, 0.2) is 10.6 Å². The van der Waals surface area contributed by atoms with Crippen molar-refractivity contribution in [2.24, 2.45) is 0 Å². The minimum atomic E-state index is 0.182. The third-order valence-corrected chi connectivity index (χ3v) is 3.36. The van der Waals surface area contributed by atoms with E-state index < -0.39 is 0 Å². The fourth-order valence-corrected chi connectivity index (χ4v) is 2.30. The summed E-state index contributed by atoms with van der Waals surface area (Å²) in [5.74, 6) is 2.26. The maximum Gasteiger partial charge on any atom is 0.194 e. The standard InChI is InChI=1S/C15H26N2O2/c1-15(2,3)17-8-4-7-14-16-10-13(19-14)12-6-5-9-18-11-12/h10,12,17H,4-9,11H2,1-3H3. The lowest BCUT2D eigenvalue weighted by atomic mass is 10.0. The molecular formula is C15H26N2O2. The van der Waals surface area contributed by atoms with Crippen molar-refractivity contribution >= 4 is 0 Å². The SMILES string of the molecule is CC(C)(C)NCCCc1ncc(C2CCCOC2)o1. The Hall–Kier alpha value is -0.870. The van der Waals surface area contributed by atoms with Crippen molar-refractivity contribution in [2.75, 3.05) is 19.8 Å². The zero-order valence-electron chi connectivity index (χ0n) is 12.4. The van der Waals surface area contributed by atoms with Crippen LogP contribution in [0.25, 0.3) is 0 Å². The summed E-state index contributed by atoms with van der Waals surface area (Å²) in [4.78, 5) is 4.38.